The second kappa shape index (κ2) is 19.3. The van der Waals surface area contributed by atoms with Crippen LogP contribution in [0.5, 0.6) is 11.5 Å². The molecule has 7 rings (SSSR count). The quantitative estimate of drug-likeness (QED) is 0.104. The molecule has 3 aromatic carbocycles. The van der Waals surface area contributed by atoms with Crippen molar-refractivity contribution in [3.8, 4) is 11.5 Å². The number of allylic oxidation sites excluding steroid dienone is 2. The van der Waals surface area contributed by atoms with Crippen LogP contribution in [-0.2, 0) is 19.1 Å². The van der Waals surface area contributed by atoms with Crippen molar-refractivity contribution in [1.82, 2.24) is 10.3 Å². The van der Waals surface area contributed by atoms with Gasteiger partial charge in [0.2, 0.25) is 16.8 Å². The molecule has 17 nitrogen and oxygen atoms in total. The Morgan fingerprint density at radius 2 is 1.63 bits per heavy atom. The number of hydrogen-bond acceptors (Lipinski definition) is 15. The summed E-state index contributed by atoms with van der Waals surface area (Å²) in [7, 11) is 1.44. The second-order valence-corrected chi connectivity index (χ2v) is 18.5. The number of anilines is 2. The number of methoxy groups -OCH3 is 1. The molecule has 17 heteroatoms. The highest BCUT2D eigenvalue weighted by Crippen LogP contribution is 2.42. The van der Waals surface area contributed by atoms with E-state index < -0.39 is 87.8 Å². The number of aromatic hydroxyl groups is 1. The van der Waals surface area contributed by atoms with E-state index in [2.05, 4.69) is 10.6 Å². The summed E-state index contributed by atoms with van der Waals surface area (Å²) >= 11 is 0. The number of benzene rings is 3. The van der Waals surface area contributed by atoms with Gasteiger partial charge in [-0.25, -0.2) is 4.98 Å². The number of aliphatic hydroxyl groups is 4. The maximum absolute atomic E-state index is 14.9. The molecule has 1 saturated heterocycles. The first-order chi connectivity index (χ1) is 31.7. The van der Waals surface area contributed by atoms with Crippen molar-refractivity contribution < 1.29 is 53.7 Å². The minimum Gasteiger partial charge on any atom is -0.507 e. The van der Waals surface area contributed by atoms with Gasteiger partial charge in [-0.2, -0.15) is 0 Å². The molecule has 3 aliphatic rings. The highest BCUT2D eigenvalue weighted by atomic mass is 16.7. The van der Waals surface area contributed by atoms with Gasteiger partial charge in [-0.15, -0.1) is 0 Å². The summed E-state index contributed by atoms with van der Waals surface area (Å²) in [6, 6.07) is 3.04. The molecule has 1 fully saturated rings. The zero-order chi connectivity index (χ0) is 48.8. The number of aliphatic hydroxyl groups excluding tert-OH is 4. The highest BCUT2D eigenvalue weighted by molar-refractivity contribution is 6.16. The lowest BCUT2D eigenvalue weighted by Crippen LogP contribution is -2.44. The molecule has 0 unspecified atom stereocenters. The van der Waals surface area contributed by atoms with Crippen LogP contribution < -0.4 is 36.3 Å². The summed E-state index contributed by atoms with van der Waals surface area (Å²) in [5.74, 6) is -6.35. The molecule has 3 aliphatic heterocycles. The summed E-state index contributed by atoms with van der Waals surface area (Å²) in [4.78, 5) is 61.9. The van der Waals surface area contributed by atoms with Gasteiger partial charge in [0.1, 0.15) is 22.7 Å². The number of carbonyl (C=O) groups excluding carboxylic acids is 2. The summed E-state index contributed by atoms with van der Waals surface area (Å²) in [6.45, 7) is 14.2. The summed E-state index contributed by atoms with van der Waals surface area (Å²) in [6.07, 6.45) is 5.84. The molecule has 4 aromatic rings. The molecule has 0 spiro atoms. The van der Waals surface area contributed by atoms with E-state index in [4.69, 9.17) is 23.6 Å². The van der Waals surface area contributed by atoms with Gasteiger partial charge in [-0.05, 0) is 39.2 Å². The smallest absolute Gasteiger partial charge is 0.307 e. The SMILES string of the molecule is CCCC(=O)NC1CCN(c2cc(=O)c3nc4c(oc3c2)c2c(=O)c3c(O)c(C)c5c(c34)=C(O)[C@@](C)(O/C=C/[C@H](OC)[C@@H](C)[C@@H](O)[C@H](C)[C@H](O)[C@H](C)[C@@H](O)[C@@H](C)/C=C/C=C(/C)C(=O)N2)O5)CC1. The van der Waals surface area contributed by atoms with Crippen LogP contribution in [0, 0.1) is 30.6 Å². The van der Waals surface area contributed by atoms with Crippen molar-refractivity contribution >= 4 is 61.9 Å². The molecular formula is C50H62N4O13. The zero-order valence-electron chi connectivity index (χ0n) is 39.4. The van der Waals surface area contributed by atoms with Gasteiger partial charge < -0.3 is 59.7 Å². The van der Waals surface area contributed by atoms with Gasteiger partial charge in [0.15, 0.2) is 22.4 Å². The van der Waals surface area contributed by atoms with Gasteiger partial charge in [-0.1, -0.05) is 52.8 Å². The molecule has 4 heterocycles. The fraction of sp³-hybridized carbons (Fsp3) is 0.500. The van der Waals surface area contributed by atoms with E-state index in [0.29, 0.717) is 38.0 Å². The van der Waals surface area contributed by atoms with Crippen LogP contribution in [0.3, 0.4) is 0 Å². The van der Waals surface area contributed by atoms with Crippen LogP contribution in [0.25, 0.3) is 38.7 Å². The number of nitrogens with one attached hydrogen (secondary N) is 2. The zero-order valence-corrected chi connectivity index (χ0v) is 39.4. The Bertz CT molecular complexity index is 2870. The molecule has 360 valence electrons. The van der Waals surface area contributed by atoms with Crippen LogP contribution >= 0.6 is 0 Å². The van der Waals surface area contributed by atoms with Crippen molar-refractivity contribution in [1.29, 1.82) is 0 Å². The van der Waals surface area contributed by atoms with Crippen molar-refractivity contribution in [2.75, 3.05) is 30.4 Å². The first kappa shape index (κ1) is 48.9. The Morgan fingerprint density at radius 1 is 0.955 bits per heavy atom. The number of hydrogen-bond donors (Lipinski definition) is 7. The Balaban J connectivity index is 1.43. The predicted molar refractivity (Wildman–Crippen MR) is 254 cm³/mol. The van der Waals surface area contributed by atoms with E-state index in [-0.39, 0.29) is 67.0 Å². The number of amides is 2. The van der Waals surface area contributed by atoms with Crippen molar-refractivity contribution in [3.63, 3.8) is 0 Å². The number of nitrogens with zero attached hydrogens (tertiary/aromatic N) is 2. The molecule has 2 amide bonds. The summed E-state index contributed by atoms with van der Waals surface area (Å²) in [5.41, 5.74) is -1.64. The topological polar surface area (TPSA) is 250 Å². The number of piperidine rings is 1. The van der Waals surface area contributed by atoms with Gasteiger partial charge >= 0.3 is 5.79 Å². The number of ether oxygens (including phenoxy) is 3. The standard InChI is InChI=1S/C50H62N4O13/c1-10-12-34(56)51-29-15-18-54(19-16-29)30-21-31(55)38-33(22-30)66-47-39(52-38)35-36-44(60)28(7)46-37(35)48(62)50(8,67-46)65-20-17-32(64-9)25(4)42(58)27(6)43(59)26(5)41(57)23(2)13-11-14-24(3)49(63)53-40(47)45(36)61/h11,13-14,17,20-23,25-27,29,32,41-43,57-60,62H,10,12,15-16,18-19H2,1-9H3,(H,51,56)(H,53,63)/b13-11+,20-17+,24-14-/t23-,25+,26+,27-,32-,41-,42+,43+,50-/m0/s1. The van der Waals surface area contributed by atoms with Gasteiger partial charge in [0, 0.05) is 97.6 Å². The highest BCUT2D eigenvalue weighted by Gasteiger charge is 2.44. The number of fused-ring (bicyclic) bond motifs is 5. The average Bonchev–Trinajstić information content (AvgIpc) is 3.57. The molecule has 1 aromatic heterocycles. The van der Waals surface area contributed by atoms with Crippen LogP contribution in [-0.4, -0.2) is 98.8 Å². The fourth-order valence-electron chi connectivity index (χ4n) is 9.48. The third kappa shape index (κ3) is 9.09. The predicted octanol–water partition coefficient (Wildman–Crippen LogP) is 4.87. The molecular weight excluding hydrogens is 865 g/mol. The fourth-order valence-corrected chi connectivity index (χ4v) is 9.48. The third-order valence-corrected chi connectivity index (χ3v) is 13.9. The number of phenols is 1. The minimum atomic E-state index is -1.97. The summed E-state index contributed by atoms with van der Waals surface area (Å²) < 4.78 is 24.5. The molecule has 9 atom stereocenters. The second-order valence-electron chi connectivity index (χ2n) is 18.5. The maximum atomic E-state index is 14.9. The van der Waals surface area contributed by atoms with E-state index in [1.54, 1.807) is 45.9 Å². The molecule has 67 heavy (non-hydrogen) atoms. The van der Waals surface area contributed by atoms with Gasteiger partial charge in [-0.3, -0.25) is 19.2 Å². The molecule has 0 radical (unpaired) electrons. The first-order valence-electron chi connectivity index (χ1n) is 22.9. The third-order valence-electron chi connectivity index (χ3n) is 13.9. The van der Waals surface area contributed by atoms with E-state index in [1.807, 2.05) is 11.8 Å². The lowest BCUT2D eigenvalue weighted by atomic mass is 9.78. The molecule has 0 saturated carbocycles. The molecule has 5 bridgehead atoms. The lowest BCUT2D eigenvalue weighted by Gasteiger charge is -2.36. The van der Waals surface area contributed by atoms with Crippen molar-refractivity contribution in [3.05, 3.63) is 79.5 Å². The monoisotopic (exact) mass is 926 g/mol. The lowest BCUT2D eigenvalue weighted by molar-refractivity contribution is -0.122. The largest absolute Gasteiger partial charge is 0.507 e. The Labute approximate surface area is 387 Å². The molecule has 7 N–H and O–H groups in total. The Kier molecular flexibility index (Phi) is 14.1. The normalized spacial score (nSPS) is 29.7. The van der Waals surface area contributed by atoms with E-state index in [0.717, 1.165) is 6.42 Å². The average molecular weight is 927 g/mol. The summed E-state index contributed by atoms with van der Waals surface area (Å²) in [5, 5.41) is 63.2. The number of carbonyl (C=O) groups is 2. The van der Waals surface area contributed by atoms with E-state index >= 15 is 0 Å². The van der Waals surface area contributed by atoms with E-state index in [9.17, 15) is 44.7 Å². The van der Waals surface area contributed by atoms with Crippen LogP contribution in [0.4, 0.5) is 11.4 Å². The number of phenolic OH excluding ortho intramolecular Hbond substituents is 1. The number of rotatable bonds is 5. The van der Waals surface area contributed by atoms with Crippen LogP contribution in [0.2, 0.25) is 0 Å². The first-order valence-corrected chi connectivity index (χ1v) is 22.9. The van der Waals surface area contributed by atoms with Gasteiger partial charge in [0.05, 0.1) is 41.3 Å². The maximum Gasteiger partial charge on any atom is 0.307 e. The van der Waals surface area contributed by atoms with Crippen molar-refractivity contribution in [2.45, 2.75) is 117 Å². The van der Waals surface area contributed by atoms with E-state index in [1.165, 1.54) is 52.4 Å². The number of aromatic nitrogens is 1. The molecule has 0 aliphatic carbocycles. The minimum absolute atomic E-state index is 0.00459. The van der Waals surface area contributed by atoms with Gasteiger partial charge in [0.25, 0.3) is 5.91 Å². The Morgan fingerprint density at radius 3 is 2.30 bits per heavy atom. The van der Waals surface area contributed by atoms with Crippen LogP contribution in [0.1, 0.15) is 79.7 Å². The van der Waals surface area contributed by atoms with Crippen molar-refractivity contribution in [2.24, 2.45) is 23.7 Å². The van der Waals surface area contributed by atoms with Crippen LogP contribution in [0.15, 0.2) is 62.3 Å². The Hall–Kier alpha value is -6.01.